The molecule has 0 saturated heterocycles. The van der Waals surface area contributed by atoms with Gasteiger partial charge in [-0.05, 0) is 19.0 Å². The molecule has 0 atom stereocenters. The van der Waals surface area contributed by atoms with Crippen LogP contribution < -0.4 is 10.6 Å². The molecular formula is C14H19ClN6O3. The van der Waals surface area contributed by atoms with E-state index in [9.17, 15) is 14.9 Å². The van der Waals surface area contributed by atoms with Crippen LogP contribution >= 0.6 is 12.4 Å². The SMILES string of the molecule is CCCNCCNC(=O)c1cn(-c2cccc([N+](=O)[O-])c2)nn1.Cl. The number of hydrogen-bond acceptors (Lipinski definition) is 6. The molecule has 130 valence electrons. The Hall–Kier alpha value is -2.52. The second-order valence-electron chi connectivity index (χ2n) is 4.83. The number of amides is 1. The lowest BCUT2D eigenvalue weighted by Gasteiger charge is -2.03. The van der Waals surface area contributed by atoms with Crippen LogP contribution in [0.2, 0.25) is 0 Å². The van der Waals surface area contributed by atoms with E-state index in [2.05, 4.69) is 27.9 Å². The molecular weight excluding hydrogens is 336 g/mol. The summed E-state index contributed by atoms with van der Waals surface area (Å²) in [4.78, 5) is 22.2. The Morgan fingerprint density at radius 3 is 2.83 bits per heavy atom. The van der Waals surface area contributed by atoms with Gasteiger partial charge in [0.2, 0.25) is 0 Å². The van der Waals surface area contributed by atoms with Crippen molar-refractivity contribution in [2.24, 2.45) is 0 Å². The van der Waals surface area contributed by atoms with Crippen LogP contribution in [0.25, 0.3) is 5.69 Å². The Labute approximate surface area is 145 Å². The first kappa shape index (κ1) is 19.5. The quantitative estimate of drug-likeness (QED) is 0.420. The van der Waals surface area contributed by atoms with E-state index in [0.717, 1.165) is 13.0 Å². The van der Waals surface area contributed by atoms with Gasteiger partial charge in [-0.25, -0.2) is 4.68 Å². The second kappa shape index (κ2) is 9.58. The third kappa shape index (κ3) is 5.28. The molecule has 0 unspecified atom stereocenters. The molecule has 2 rings (SSSR count). The Balaban J connectivity index is 0.00000288. The second-order valence-corrected chi connectivity index (χ2v) is 4.83. The minimum absolute atomic E-state index is 0. The van der Waals surface area contributed by atoms with Gasteiger partial charge in [0, 0.05) is 25.2 Å². The van der Waals surface area contributed by atoms with Crippen LogP contribution in [0.3, 0.4) is 0 Å². The summed E-state index contributed by atoms with van der Waals surface area (Å²) in [6, 6.07) is 5.95. The number of non-ortho nitro benzene ring substituents is 1. The smallest absolute Gasteiger partial charge is 0.273 e. The zero-order valence-electron chi connectivity index (χ0n) is 13.1. The van der Waals surface area contributed by atoms with Crippen LogP contribution in [-0.2, 0) is 0 Å². The number of nitrogens with zero attached hydrogens (tertiary/aromatic N) is 4. The number of nitro groups is 1. The molecule has 0 aliphatic heterocycles. The van der Waals surface area contributed by atoms with E-state index >= 15 is 0 Å². The molecule has 10 heteroatoms. The number of carbonyl (C=O) groups is 1. The molecule has 0 bridgehead atoms. The van der Waals surface area contributed by atoms with E-state index < -0.39 is 4.92 Å². The van der Waals surface area contributed by atoms with E-state index in [1.54, 1.807) is 12.1 Å². The molecule has 9 nitrogen and oxygen atoms in total. The number of nitrogens with one attached hydrogen (secondary N) is 2. The van der Waals surface area contributed by atoms with Crippen molar-refractivity contribution in [3.05, 3.63) is 46.3 Å². The average molecular weight is 355 g/mol. The van der Waals surface area contributed by atoms with Crippen molar-refractivity contribution >= 4 is 24.0 Å². The molecule has 24 heavy (non-hydrogen) atoms. The van der Waals surface area contributed by atoms with E-state index in [0.29, 0.717) is 18.8 Å². The van der Waals surface area contributed by atoms with Crippen molar-refractivity contribution in [2.75, 3.05) is 19.6 Å². The first-order chi connectivity index (χ1) is 11.1. The summed E-state index contributed by atoms with van der Waals surface area (Å²) in [5.74, 6) is -0.333. The highest BCUT2D eigenvalue weighted by atomic mass is 35.5. The van der Waals surface area contributed by atoms with Crippen LogP contribution in [0.1, 0.15) is 23.8 Å². The van der Waals surface area contributed by atoms with Gasteiger partial charge in [0.1, 0.15) is 0 Å². The summed E-state index contributed by atoms with van der Waals surface area (Å²) < 4.78 is 1.33. The third-order valence-corrected chi connectivity index (χ3v) is 3.05. The van der Waals surface area contributed by atoms with Crippen LogP contribution in [0.15, 0.2) is 30.5 Å². The van der Waals surface area contributed by atoms with Crippen molar-refractivity contribution in [3.8, 4) is 5.69 Å². The molecule has 1 heterocycles. The molecule has 2 aromatic rings. The molecule has 0 radical (unpaired) electrons. The normalized spacial score (nSPS) is 10.0. The maximum absolute atomic E-state index is 11.9. The number of halogens is 1. The summed E-state index contributed by atoms with van der Waals surface area (Å²) in [6.07, 6.45) is 2.47. The molecule has 2 N–H and O–H groups in total. The fourth-order valence-corrected chi connectivity index (χ4v) is 1.90. The summed E-state index contributed by atoms with van der Waals surface area (Å²) >= 11 is 0. The van der Waals surface area contributed by atoms with Crippen LogP contribution in [0.4, 0.5) is 5.69 Å². The maximum atomic E-state index is 11.9. The number of carbonyl (C=O) groups excluding carboxylic acids is 1. The zero-order chi connectivity index (χ0) is 16.7. The van der Waals surface area contributed by atoms with Gasteiger partial charge >= 0.3 is 0 Å². The predicted molar refractivity (Wildman–Crippen MR) is 90.8 cm³/mol. The van der Waals surface area contributed by atoms with Gasteiger partial charge in [0.25, 0.3) is 11.6 Å². The van der Waals surface area contributed by atoms with Gasteiger partial charge in [0.15, 0.2) is 5.69 Å². The van der Waals surface area contributed by atoms with Crippen molar-refractivity contribution in [1.29, 1.82) is 0 Å². The maximum Gasteiger partial charge on any atom is 0.273 e. The van der Waals surface area contributed by atoms with Gasteiger partial charge in [-0.15, -0.1) is 17.5 Å². The lowest BCUT2D eigenvalue weighted by atomic mass is 10.3. The van der Waals surface area contributed by atoms with Gasteiger partial charge < -0.3 is 10.6 Å². The molecule has 0 aliphatic carbocycles. The standard InChI is InChI=1S/C14H18N6O3.ClH/c1-2-6-15-7-8-16-14(21)13-10-19(18-17-13)11-4-3-5-12(9-11)20(22)23;/h3-5,9-10,15H,2,6-8H2,1H3,(H,16,21);1H. The first-order valence-corrected chi connectivity index (χ1v) is 7.28. The molecule has 1 aromatic heterocycles. The van der Waals surface area contributed by atoms with E-state index in [4.69, 9.17) is 0 Å². The largest absolute Gasteiger partial charge is 0.349 e. The number of hydrogen-bond donors (Lipinski definition) is 2. The highest BCUT2D eigenvalue weighted by molar-refractivity contribution is 5.91. The summed E-state index contributed by atoms with van der Waals surface area (Å²) in [6.45, 7) is 4.14. The Morgan fingerprint density at radius 2 is 2.12 bits per heavy atom. The molecule has 1 aromatic carbocycles. The van der Waals surface area contributed by atoms with Crippen LogP contribution in [0, 0.1) is 10.1 Å². The summed E-state index contributed by atoms with van der Waals surface area (Å²) in [7, 11) is 0. The number of rotatable bonds is 8. The van der Waals surface area contributed by atoms with Crippen molar-refractivity contribution in [2.45, 2.75) is 13.3 Å². The van der Waals surface area contributed by atoms with Gasteiger partial charge in [-0.3, -0.25) is 14.9 Å². The zero-order valence-corrected chi connectivity index (χ0v) is 14.0. The molecule has 0 spiro atoms. The van der Waals surface area contributed by atoms with E-state index in [-0.39, 0.29) is 29.7 Å². The van der Waals surface area contributed by atoms with E-state index in [1.807, 2.05) is 0 Å². The molecule has 0 saturated carbocycles. The topological polar surface area (TPSA) is 115 Å². The number of nitro benzene ring substituents is 1. The van der Waals surface area contributed by atoms with Crippen LogP contribution in [0.5, 0.6) is 0 Å². The third-order valence-electron chi connectivity index (χ3n) is 3.05. The summed E-state index contributed by atoms with van der Waals surface area (Å²) in [5, 5.41) is 24.3. The molecule has 0 aliphatic rings. The van der Waals surface area contributed by atoms with E-state index in [1.165, 1.54) is 23.0 Å². The monoisotopic (exact) mass is 354 g/mol. The van der Waals surface area contributed by atoms with Gasteiger partial charge in [-0.1, -0.05) is 18.2 Å². The minimum atomic E-state index is -0.489. The number of benzene rings is 1. The highest BCUT2D eigenvalue weighted by Gasteiger charge is 2.12. The first-order valence-electron chi connectivity index (χ1n) is 7.28. The van der Waals surface area contributed by atoms with Crippen molar-refractivity contribution in [1.82, 2.24) is 25.6 Å². The predicted octanol–water partition coefficient (Wildman–Crippen LogP) is 1.33. The summed E-state index contributed by atoms with van der Waals surface area (Å²) in [5.41, 5.74) is 0.577. The van der Waals surface area contributed by atoms with Gasteiger partial charge in [-0.2, -0.15) is 0 Å². The van der Waals surface area contributed by atoms with Crippen molar-refractivity contribution < 1.29 is 9.72 Å². The Morgan fingerprint density at radius 1 is 1.33 bits per heavy atom. The number of aromatic nitrogens is 3. The van der Waals surface area contributed by atoms with Crippen LogP contribution in [-0.4, -0.2) is 45.5 Å². The average Bonchev–Trinajstić information content (AvgIpc) is 3.04. The minimum Gasteiger partial charge on any atom is -0.349 e. The fourth-order valence-electron chi connectivity index (χ4n) is 1.90. The Kier molecular flexibility index (Phi) is 7.80. The Bertz CT molecular complexity index is 691. The molecule has 0 fully saturated rings. The molecule has 1 amide bonds. The highest BCUT2D eigenvalue weighted by Crippen LogP contribution is 2.15. The van der Waals surface area contributed by atoms with Gasteiger partial charge in [0.05, 0.1) is 16.8 Å². The fraction of sp³-hybridized carbons (Fsp3) is 0.357. The lowest BCUT2D eigenvalue weighted by molar-refractivity contribution is -0.384. The lowest BCUT2D eigenvalue weighted by Crippen LogP contribution is -2.32. The van der Waals surface area contributed by atoms with Crippen molar-refractivity contribution in [3.63, 3.8) is 0 Å².